The van der Waals surface area contributed by atoms with Crippen molar-refractivity contribution in [2.75, 3.05) is 7.11 Å². The molecule has 1 unspecified atom stereocenters. The van der Waals surface area contributed by atoms with E-state index in [1.54, 1.807) is 25.3 Å². The predicted octanol–water partition coefficient (Wildman–Crippen LogP) is 3.51. The summed E-state index contributed by atoms with van der Waals surface area (Å²) >= 11 is 0. The predicted molar refractivity (Wildman–Crippen MR) is 84.3 cm³/mol. The Kier molecular flexibility index (Phi) is 4.91. The number of rotatable bonds is 5. The smallest absolute Gasteiger partial charge is 0.159 e. The van der Waals surface area contributed by atoms with Crippen molar-refractivity contribution in [1.82, 2.24) is 0 Å². The zero-order valence-electron chi connectivity index (χ0n) is 12.4. The number of hydrogen-bond acceptors (Lipinski definition) is 3. The van der Waals surface area contributed by atoms with Gasteiger partial charge in [-0.25, -0.2) is 0 Å². The van der Waals surface area contributed by atoms with Gasteiger partial charge in [0.2, 0.25) is 0 Å². The van der Waals surface area contributed by atoms with Gasteiger partial charge in [-0.05, 0) is 44.2 Å². The molecule has 0 aromatic heterocycles. The molecule has 21 heavy (non-hydrogen) atoms. The maximum Gasteiger partial charge on any atom is 0.159 e. The molecule has 0 bridgehead atoms. The molecule has 0 fully saturated rings. The summed E-state index contributed by atoms with van der Waals surface area (Å²) in [5, 5.41) is 0. The standard InChI is InChI=1S/C17H18O3S/c1-12-4-7-16(8-5-12)21(19)11-15-10-14(13(2)18)6-9-17(15)20-3/h4-10H,11H2,1-3H3. The van der Waals surface area contributed by atoms with Crippen LogP contribution < -0.4 is 4.74 Å². The van der Waals surface area contributed by atoms with Gasteiger partial charge in [0.15, 0.2) is 5.78 Å². The number of ketones is 1. The summed E-state index contributed by atoms with van der Waals surface area (Å²) in [6, 6.07) is 12.8. The monoisotopic (exact) mass is 302 g/mol. The first-order valence-electron chi connectivity index (χ1n) is 6.64. The number of aryl methyl sites for hydroxylation is 1. The van der Waals surface area contributed by atoms with Crippen LogP contribution in [0.3, 0.4) is 0 Å². The van der Waals surface area contributed by atoms with E-state index in [9.17, 15) is 9.00 Å². The first-order chi connectivity index (χ1) is 10.0. The average Bonchev–Trinajstić information content (AvgIpc) is 2.47. The second kappa shape index (κ2) is 6.68. The highest BCUT2D eigenvalue weighted by Gasteiger charge is 2.12. The van der Waals surface area contributed by atoms with E-state index in [1.807, 2.05) is 31.2 Å². The Morgan fingerprint density at radius 2 is 1.81 bits per heavy atom. The van der Waals surface area contributed by atoms with Crippen LogP contribution in [-0.2, 0) is 16.6 Å². The molecule has 0 amide bonds. The summed E-state index contributed by atoms with van der Waals surface area (Å²) < 4.78 is 17.7. The summed E-state index contributed by atoms with van der Waals surface area (Å²) in [5.74, 6) is 0.966. The second-order valence-corrected chi connectivity index (χ2v) is 6.34. The van der Waals surface area contributed by atoms with Gasteiger partial charge in [-0.3, -0.25) is 9.00 Å². The molecule has 0 radical (unpaired) electrons. The van der Waals surface area contributed by atoms with Crippen molar-refractivity contribution >= 4 is 16.6 Å². The zero-order chi connectivity index (χ0) is 15.4. The first kappa shape index (κ1) is 15.4. The van der Waals surface area contributed by atoms with E-state index in [1.165, 1.54) is 6.92 Å². The van der Waals surface area contributed by atoms with Crippen molar-refractivity contribution in [3.8, 4) is 5.75 Å². The molecule has 110 valence electrons. The Morgan fingerprint density at radius 1 is 1.14 bits per heavy atom. The SMILES string of the molecule is COc1ccc(C(C)=O)cc1CS(=O)c1ccc(C)cc1. The normalized spacial score (nSPS) is 12.0. The Hall–Kier alpha value is -1.94. The van der Waals surface area contributed by atoms with Crippen molar-refractivity contribution in [3.63, 3.8) is 0 Å². The minimum atomic E-state index is -1.17. The molecule has 0 heterocycles. The molecule has 2 aromatic carbocycles. The van der Waals surface area contributed by atoms with E-state index in [0.29, 0.717) is 17.1 Å². The number of hydrogen-bond donors (Lipinski definition) is 0. The van der Waals surface area contributed by atoms with Crippen molar-refractivity contribution in [3.05, 3.63) is 59.2 Å². The van der Waals surface area contributed by atoms with E-state index in [4.69, 9.17) is 4.74 Å². The third-order valence-corrected chi connectivity index (χ3v) is 4.63. The van der Waals surface area contributed by atoms with Gasteiger partial charge in [-0.2, -0.15) is 0 Å². The van der Waals surface area contributed by atoms with Crippen LogP contribution in [0.25, 0.3) is 0 Å². The van der Waals surface area contributed by atoms with Gasteiger partial charge in [-0.15, -0.1) is 0 Å². The summed E-state index contributed by atoms with van der Waals surface area (Å²) in [6.07, 6.45) is 0. The van der Waals surface area contributed by atoms with Crippen molar-refractivity contribution in [2.24, 2.45) is 0 Å². The molecule has 0 saturated carbocycles. The average molecular weight is 302 g/mol. The van der Waals surface area contributed by atoms with Crippen LogP contribution >= 0.6 is 0 Å². The summed E-state index contributed by atoms with van der Waals surface area (Å²) in [6.45, 7) is 3.51. The highest BCUT2D eigenvalue weighted by Crippen LogP contribution is 2.24. The Morgan fingerprint density at radius 3 is 2.38 bits per heavy atom. The molecular formula is C17H18O3S. The van der Waals surface area contributed by atoms with E-state index in [-0.39, 0.29) is 5.78 Å². The Labute approximate surface area is 127 Å². The molecule has 1 atom stereocenters. The molecule has 0 aliphatic heterocycles. The third-order valence-electron chi connectivity index (χ3n) is 3.26. The van der Waals surface area contributed by atoms with Gasteiger partial charge in [0, 0.05) is 16.0 Å². The fourth-order valence-electron chi connectivity index (χ4n) is 2.02. The van der Waals surface area contributed by atoms with Gasteiger partial charge in [-0.1, -0.05) is 17.7 Å². The van der Waals surface area contributed by atoms with E-state index >= 15 is 0 Å². The largest absolute Gasteiger partial charge is 0.496 e. The van der Waals surface area contributed by atoms with Crippen LogP contribution in [0.2, 0.25) is 0 Å². The van der Waals surface area contributed by atoms with Crippen LogP contribution in [0.1, 0.15) is 28.4 Å². The highest BCUT2D eigenvalue weighted by molar-refractivity contribution is 7.84. The van der Waals surface area contributed by atoms with Gasteiger partial charge >= 0.3 is 0 Å². The lowest BCUT2D eigenvalue weighted by Gasteiger charge is -2.10. The quantitative estimate of drug-likeness (QED) is 0.794. The maximum atomic E-state index is 12.4. The minimum absolute atomic E-state index is 0.0139. The number of Topliss-reactive ketones (excluding diaryl/α,β-unsaturated/α-hetero) is 1. The van der Waals surface area contributed by atoms with Crippen LogP contribution in [0, 0.1) is 6.92 Å². The van der Waals surface area contributed by atoms with Gasteiger partial charge < -0.3 is 4.74 Å². The molecular weight excluding hydrogens is 284 g/mol. The fraction of sp³-hybridized carbons (Fsp3) is 0.235. The first-order valence-corrected chi connectivity index (χ1v) is 7.96. The number of benzene rings is 2. The van der Waals surface area contributed by atoms with Crippen LogP contribution in [-0.4, -0.2) is 17.1 Å². The Balaban J connectivity index is 2.29. The second-order valence-electron chi connectivity index (χ2n) is 4.89. The van der Waals surface area contributed by atoms with Crippen LogP contribution in [0.15, 0.2) is 47.4 Å². The molecule has 3 nitrogen and oxygen atoms in total. The molecule has 2 rings (SSSR count). The van der Waals surface area contributed by atoms with Crippen molar-refractivity contribution in [2.45, 2.75) is 24.5 Å². The van der Waals surface area contributed by atoms with E-state index in [0.717, 1.165) is 16.0 Å². The molecule has 0 saturated heterocycles. The molecule has 2 aromatic rings. The lowest BCUT2D eigenvalue weighted by atomic mass is 10.1. The van der Waals surface area contributed by atoms with Crippen LogP contribution in [0.5, 0.6) is 5.75 Å². The summed E-state index contributed by atoms with van der Waals surface area (Å²) in [4.78, 5) is 12.2. The number of ether oxygens (including phenoxy) is 1. The summed E-state index contributed by atoms with van der Waals surface area (Å²) in [5.41, 5.74) is 2.52. The van der Waals surface area contributed by atoms with E-state index < -0.39 is 10.8 Å². The van der Waals surface area contributed by atoms with Crippen LogP contribution in [0.4, 0.5) is 0 Å². The lowest BCUT2D eigenvalue weighted by Crippen LogP contribution is -2.02. The number of carbonyl (C=O) groups excluding carboxylic acids is 1. The van der Waals surface area contributed by atoms with Gasteiger partial charge in [0.1, 0.15) is 5.75 Å². The van der Waals surface area contributed by atoms with Crippen molar-refractivity contribution < 1.29 is 13.7 Å². The number of carbonyl (C=O) groups is 1. The van der Waals surface area contributed by atoms with Gasteiger partial charge in [0.05, 0.1) is 23.7 Å². The van der Waals surface area contributed by atoms with E-state index in [2.05, 4.69) is 0 Å². The molecule has 0 aliphatic rings. The molecule has 4 heteroatoms. The molecule has 0 spiro atoms. The molecule has 0 N–H and O–H groups in total. The van der Waals surface area contributed by atoms with Gasteiger partial charge in [0.25, 0.3) is 0 Å². The topological polar surface area (TPSA) is 43.4 Å². The highest BCUT2D eigenvalue weighted by atomic mass is 32.2. The fourth-order valence-corrected chi connectivity index (χ4v) is 3.14. The Bertz CT molecular complexity index is 675. The third kappa shape index (κ3) is 3.79. The molecule has 0 aliphatic carbocycles. The van der Waals surface area contributed by atoms with Crippen molar-refractivity contribution in [1.29, 1.82) is 0 Å². The minimum Gasteiger partial charge on any atom is -0.496 e. The zero-order valence-corrected chi connectivity index (χ0v) is 13.2. The maximum absolute atomic E-state index is 12.4. The lowest BCUT2D eigenvalue weighted by molar-refractivity contribution is 0.101. The summed E-state index contributed by atoms with van der Waals surface area (Å²) in [7, 11) is 0.403. The number of methoxy groups -OCH3 is 1.